The Kier molecular flexibility index (Phi) is 3.88. The fourth-order valence-corrected chi connectivity index (χ4v) is 1.80. The monoisotopic (exact) mass is 178 g/mol. The van der Waals surface area contributed by atoms with E-state index in [4.69, 9.17) is 5.73 Å². The van der Waals surface area contributed by atoms with E-state index in [-0.39, 0.29) is 5.92 Å². The van der Waals surface area contributed by atoms with Crippen LogP contribution in [0.3, 0.4) is 0 Å². The lowest BCUT2D eigenvalue weighted by Gasteiger charge is -2.20. The maximum Gasteiger partial charge on any atom is 0.241 e. The first-order valence-corrected chi connectivity index (χ1v) is 4.44. The second kappa shape index (κ2) is 4.72. The largest absolute Gasteiger partial charge is 0.330 e. The maximum absolute atomic E-state index is 12.5. The molecule has 12 heavy (non-hydrogen) atoms. The molecule has 0 aromatic rings. The van der Waals surface area contributed by atoms with Crippen LogP contribution in [0, 0.1) is 11.8 Å². The lowest BCUT2D eigenvalue weighted by atomic mass is 9.89. The highest BCUT2D eigenvalue weighted by Crippen LogP contribution is 2.27. The minimum Gasteiger partial charge on any atom is -0.330 e. The number of nitrogens with one attached hydrogen (secondary N) is 1. The van der Waals surface area contributed by atoms with E-state index in [1.807, 2.05) is 0 Å². The highest BCUT2D eigenvalue weighted by Gasteiger charge is 2.30. The molecule has 2 nitrogen and oxygen atoms in total. The average molecular weight is 178 g/mol. The number of hydrogen-bond acceptors (Lipinski definition) is 2. The molecule has 0 aliphatic carbocycles. The lowest BCUT2D eigenvalue weighted by molar-refractivity contribution is 0.0442. The number of nitrogens with two attached hydrogens (primary N) is 1. The Labute approximate surface area is 71.5 Å². The molecule has 1 fully saturated rings. The quantitative estimate of drug-likeness (QED) is 0.669. The summed E-state index contributed by atoms with van der Waals surface area (Å²) in [5.41, 5.74) is 5.28. The Balaban J connectivity index is 2.40. The van der Waals surface area contributed by atoms with E-state index in [9.17, 15) is 8.78 Å². The third kappa shape index (κ3) is 2.38. The molecule has 0 aromatic carbocycles. The molecule has 1 rings (SSSR count). The molecule has 3 N–H and O–H groups in total. The van der Waals surface area contributed by atoms with Gasteiger partial charge in [0.2, 0.25) is 6.43 Å². The molecule has 4 heteroatoms. The van der Waals surface area contributed by atoms with Gasteiger partial charge in [-0.15, -0.1) is 0 Å². The van der Waals surface area contributed by atoms with E-state index in [2.05, 4.69) is 5.32 Å². The molecule has 0 amide bonds. The van der Waals surface area contributed by atoms with Crippen LogP contribution < -0.4 is 11.1 Å². The van der Waals surface area contributed by atoms with Crippen molar-refractivity contribution in [3.05, 3.63) is 0 Å². The third-order valence-electron chi connectivity index (χ3n) is 2.53. The van der Waals surface area contributed by atoms with Crippen LogP contribution in [0.25, 0.3) is 0 Å². The topological polar surface area (TPSA) is 38.0 Å². The van der Waals surface area contributed by atoms with Gasteiger partial charge in [-0.25, -0.2) is 8.78 Å². The van der Waals surface area contributed by atoms with Gasteiger partial charge in [-0.2, -0.15) is 0 Å². The molecule has 1 heterocycles. The second-order valence-corrected chi connectivity index (χ2v) is 3.33. The van der Waals surface area contributed by atoms with E-state index < -0.39 is 12.3 Å². The van der Waals surface area contributed by atoms with Gasteiger partial charge < -0.3 is 11.1 Å². The fraction of sp³-hybridized carbons (Fsp3) is 1.00. The average Bonchev–Trinajstić information content (AvgIpc) is 2.51. The normalized spacial score (nSPS) is 26.5. The zero-order chi connectivity index (χ0) is 8.97. The third-order valence-corrected chi connectivity index (χ3v) is 2.53. The van der Waals surface area contributed by atoms with Crippen LogP contribution in [0.2, 0.25) is 0 Å². The molecule has 1 aliphatic heterocycles. The Morgan fingerprint density at radius 3 is 2.67 bits per heavy atom. The van der Waals surface area contributed by atoms with Gasteiger partial charge in [0.1, 0.15) is 0 Å². The molecule has 1 saturated heterocycles. The maximum atomic E-state index is 12.5. The van der Waals surface area contributed by atoms with Gasteiger partial charge in [-0.1, -0.05) is 0 Å². The van der Waals surface area contributed by atoms with Crippen molar-refractivity contribution in [3.8, 4) is 0 Å². The van der Waals surface area contributed by atoms with E-state index in [0.717, 1.165) is 19.5 Å². The number of alkyl halides is 2. The highest BCUT2D eigenvalue weighted by molar-refractivity contribution is 4.79. The van der Waals surface area contributed by atoms with E-state index >= 15 is 0 Å². The molecule has 72 valence electrons. The SMILES string of the molecule is NCCC(C(F)F)C1CCNC1. The summed E-state index contributed by atoms with van der Waals surface area (Å²) >= 11 is 0. The van der Waals surface area contributed by atoms with E-state index in [0.29, 0.717) is 13.0 Å². The molecule has 2 atom stereocenters. The Hall–Kier alpha value is -0.220. The smallest absolute Gasteiger partial charge is 0.241 e. The number of hydrogen-bond donors (Lipinski definition) is 2. The summed E-state index contributed by atoms with van der Waals surface area (Å²) in [5.74, 6) is -0.362. The zero-order valence-corrected chi connectivity index (χ0v) is 7.10. The molecule has 0 radical (unpaired) electrons. The van der Waals surface area contributed by atoms with Gasteiger partial charge in [-0.05, 0) is 38.4 Å². The Morgan fingerprint density at radius 1 is 1.50 bits per heavy atom. The summed E-state index contributed by atoms with van der Waals surface area (Å²) in [6, 6.07) is 0. The van der Waals surface area contributed by atoms with Gasteiger partial charge in [0.25, 0.3) is 0 Å². The van der Waals surface area contributed by atoms with Crippen LogP contribution in [0.1, 0.15) is 12.8 Å². The van der Waals surface area contributed by atoms with Crippen molar-refractivity contribution in [1.29, 1.82) is 0 Å². The standard InChI is InChI=1S/C8H16F2N2/c9-8(10)7(1-3-11)6-2-4-12-5-6/h6-8,12H,1-5,11H2. The van der Waals surface area contributed by atoms with Crippen molar-refractivity contribution < 1.29 is 8.78 Å². The van der Waals surface area contributed by atoms with Crippen molar-refractivity contribution in [2.24, 2.45) is 17.6 Å². The van der Waals surface area contributed by atoms with Gasteiger partial charge in [0.05, 0.1) is 0 Å². The molecule has 0 bridgehead atoms. The van der Waals surface area contributed by atoms with Crippen LogP contribution in [-0.2, 0) is 0 Å². The van der Waals surface area contributed by atoms with Gasteiger partial charge in [0.15, 0.2) is 0 Å². The van der Waals surface area contributed by atoms with Crippen LogP contribution in [0.15, 0.2) is 0 Å². The number of rotatable bonds is 4. The first kappa shape index (κ1) is 9.86. The second-order valence-electron chi connectivity index (χ2n) is 3.33. The first-order chi connectivity index (χ1) is 5.75. The van der Waals surface area contributed by atoms with Crippen LogP contribution in [0.5, 0.6) is 0 Å². The van der Waals surface area contributed by atoms with Gasteiger partial charge in [0, 0.05) is 5.92 Å². The Bertz CT molecular complexity index is 124. The molecular formula is C8H16F2N2. The Morgan fingerprint density at radius 2 is 2.25 bits per heavy atom. The van der Waals surface area contributed by atoms with Crippen LogP contribution in [-0.4, -0.2) is 26.1 Å². The minimum absolute atomic E-state index is 0.133. The van der Waals surface area contributed by atoms with Crippen molar-refractivity contribution >= 4 is 0 Å². The fourth-order valence-electron chi connectivity index (χ4n) is 1.80. The summed E-state index contributed by atoms with van der Waals surface area (Å²) in [4.78, 5) is 0. The van der Waals surface area contributed by atoms with Crippen molar-refractivity contribution in [1.82, 2.24) is 5.32 Å². The van der Waals surface area contributed by atoms with Gasteiger partial charge >= 0.3 is 0 Å². The summed E-state index contributed by atoms with van der Waals surface area (Å²) < 4.78 is 24.9. The highest BCUT2D eigenvalue weighted by atomic mass is 19.3. The minimum atomic E-state index is -2.21. The predicted octanol–water partition coefficient (Wildman–Crippen LogP) is 0.826. The number of halogens is 2. The molecule has 2 unspecified atom stereocenters. The van der Waals surface area contributed by atoms with E-state index in [1.54, 1.807) is 0 Å². The lowest BCUT2D eigenvalue weighted by Crippen LogP contribution is -2.26. The summed E-state index contributed by atoms with van der Waals surface area (Å²) in [5, 5.41) is 3.09. The van der Waals surface area contributed by atoms with Crippen LogP contribution >= 0.6 is 0 Å². The summed E-state index contributed by atoms with van der Waals surface area (Å²) in [7, 11) is 0. The molecule has 1 aliphatic rings. The molecule has 0 spiro atoms. The van der Waals surface area contributed by atoms with Gasteiger partial charge in [-0.3, -0.25) is 0 Å². The van der Waals surface area contributed by atoms with E-state index in [1.165, 1.54) is 0 Å². The van der Waals surface area contributed by atoms with Crippen LogP contribution in [0.4, 0.5) is 8.78 Å². The molecule has 0 saturated carbocycles. The van der Waals surface area contributed by atoms with Crippen molar-refractivity contribution in [2.75, 3.05) is 19.6 Å². The van der Waals surface area contributed by atoms with Crippen molar-refractivity contribution in [2.45, 2.75) is 19.3 Å². The molecule has 0 aromatic heterocycles. The zero-order valence-electron chi connectivity index (χ0n) is 7.10. The molecular weight excluding hydrogens is 162 g/mol. The first-order valence-electron chi connectivity index (χ1n) is 4.44. The summed E-state index contributed by atoms with van der Waals surface area (Å²) in [6.45, 7) is 1.97. The van der Waals surface area contributed by atoms with Crippen molar-refractivity contribution in [3.63, 3.8) is 0 Å². The summed E-state index contributed by atoms with van der Waals surface area (Å²) in [6.07, 6.45) is -0.891. The predicted molar refractivity (Wildman–Crippen MR) is 44.1 cm³/mol.